The smallest absolute Gasteiger partial charge is 0.266 e. The first-order chi connectivity index (χ1) is 17.2. The third kappa shape index (κ3) is 3.73. The van der Waals surface area contributed by atoms with E-state index in [-0.39, 0.29) is 28.6 Å². The molecule has 36 heavy (non-hydrogen) atoms. The Bertz CT molecular complexity index is 1270. The standard InChI is InChI=1S/C26H29F3N4O3/c1-13(15-4-3-5-16(22(15)27)24(28)29)30-25(35)19-10-33(26-7-14(26)11-36-12-26)21(34)6-20(19)31-23-17-8-32(2)9-18(17)23/h3-6,10,13-14,17-18,23-24,31H,7-9,11-12H2,1-2H3,(H,30,35)/t13-,14-,17-,18+,23-,26-/m1/s1. The van der Waals surface area contributed by atoms with Gasteiger partial charge in [-0.25, -0.2) is 13.2 Å². The van der Waals surface area contributed by atoms with Crippen molar-refractivity contribution in [1.29, 1.82) is 0 Å². The van der Waals surface area contributed by atoms with Crippen LogP contribution < -0.4 is 16.2 Å². The molecule has 2 aliphatic carbocycles. The monoisotopic (exact) mass is 502 g/mol. The van der Waals surface area contributed by atoms with Gasteiger partial charge in [0.1, 0.15) is 5.82 Å². The van der Waals surface area contributed by atoms with Crippen molar-refractivity contribution in [1.82, 2.24) is 14.8 Å². The highest BCUT2D eigenvalue weighted by Gasteiger charge is 2.60. The normalized spacial score (nSPS) is 31.2. The Morgan fingerprint density at radius 2 is 1.94 bits per heavy atom. The van der Waals surface area contributed by atoms with Gasteiger partial charge in [0, 0.05) is 42.9 Å². The van der Waals surface area contributed by atoms with Crippen LogP contribution in [0.5, 0.6) is 0 Å². The Labute approximate surface area is 206 Å². The van der Waals surface area contributed by atoms with E-state index in [1.807, 2.05) is 0 Å². The van der Waals surface area contributed by atoms with Crippen LogP contribution in [0.2, 0.25) is 0 Å². The van der Waals surface area contributed by atoms with E-state index in [2.05, 4.69) is 22.6 Å². The quantitative estimate of drug-likeness (QED) is 0.609. The van der Waals surface area contributed by atoms with Crippen LogP contribution in [0.25, 0.3) is 0 Å². The van der Waals surface area contributed by atoms with Crippen molar-refractivity contribution in [3.63, 3.8) is 0 Å². The number of nitrogens with one attached hydrogen (secondary N) is 2. The Morgan fingerprint density at radius 1 is 1.22 bits per heavy atom. The topological polar surface area (TPSA) is 75.6 Å². The summed E-state index contributed by atoms with van der Waals surface area (Å²) in [6.07, 6.45) is -0.553. The largest absolute Gasteiger partial charge is 0.381 e. The number of pyridine rings is 1. The van der Waals surface area contributed by atoms with Gasteiger partial charge < -0.3 is 24.8 Å². The Hall–Kier alpha value is -2.85. The number of ether oxygens (including phenoxy) is 1. The number of likely N-dealkylation sites (tertiary alicyclic amines) is 1. The molecule has 0 unspecified atom stereocenters. The number of rotatable bonds is 7. The Morgan fingerprint density at radius 3 is 2.58 bits per heavy atom. The summed E-state index contributed by atoms with van der Waals surface area (Å²) in [6, 6.07) is 4.57. The number of anilines is 1. The van der Waals surface area contributed by atoms with Crippen molar-refractivity contribution >= 4 is 11.6 Å². The molecule has 1 aromatic carbocycles. The molecule has 2 saturated heterocycles. The predicted molar refractivity (Wildman–Crippen MR) is 127 cm³/mol. The molecule has 0 radical (unpaired) electrons. The second-order valence-corrected chi connectivity index (χ2v) is 10.8. The van der Waals surface area contributed by atoms with E-state index in [9.17, 15) is 22.8 Å². The van der Waals surface area contributed by atoms with Crippen LogP contribution in [-0.2, 0) is 10.3 Å². The number of hydrogen-bond donors (Lipinski definition) is 2. The number of amides is 1. The number of fused-ring (bicyclic) bond motifs is 2. The van der Waals surface area contributed by atoms with Gasteiger partial charge in [0.2, 0.25) is 0 Å². The molecule has 6 rings (SSSR count). The van der Waals surface area contributed by atoms with E-state index in [1.165, 1.54) is 18.2 Å². The molecule has 2 N–H and O–H groups in total. The molecule has 192 valence electrons. The molecule has 0 spiro atoms. The third-order valence-corrected chi connectivity index (χ3v) is 8.46. The first-order valence-electron chi connectivity index (χ1n) is 12.4. The van der Waals surface area contributed by atoms with Crippen molar-refractivity contribution < 1.29 is 22.7 Å². The number of aromatic nitrogens is 1. The second-order valence-electron chi connectivity index (χ2n) is 10.8. The minimum atomic E-state index is -2.95. The predicted octanol–water partition coefficient (Wildman–Crippen LogP) is 3.13. The number of nitrogens with zero attached hydrogens (tertiary/aromatic N) is 2. The van der Waals surface area contributed by atoms with E-state index in [0.29, 0.717) is 30.7 Å². The zero-order chi connectivity index (χ0) is 25.4. The van der Waals surface area contributed by atoms with Crippen LogP contribution in [0.4, 0.5) is 18.9 Å². The molecule has 1 aromatic heterocycles. The van der Waals surface area contributed by atoms with E-state index in [4.69, 9.17) is 4.74 Å². The molecule has 7 nitrogen and oxygen atoms in total. The number of piperidine rings is 1. The SMILES string of the molecule is C[C@@H](NC(=O)c1cn([C@]23COC[C@H]2C3)c(=O)cc1N[C@@H]1[C@@H]2CN(C)C[C@@H]21)c1cccc(C(F)F)c1F. The van der Waals surface area contributed by atoms with Gasteiger partial charge in [-0.05, 0) is 32.2 Å². The molecule has 4 fully saturated rings. The first kappa shape index (κ1) is 23.5. The minimum absolute atomic E-state index is 0.0196. The lowest BCUT2D eigenvalue weighted by atomic mass is 10.0. The maximum absolute atomic E-state index is 14.7. The van der Waals surface area contributed by atoms with Gasteiger partial charge in [0.25, 0.3) is 17.9 Å². The summed E-state index contributed by atoms with van der Waals surface area (Å²) < 4.78 is 48.3. The molecule has 2 aliphatic heterocycles. The third-order valence-electron chi connectivity index (χ3n) is 8.46. The van der Waals surface area contributed by atoms with Crippen LogP contribution in [0.1, 0.15) is 47.3 Å². The van der Waals surface area contributed by atoms with Crippen molar-refractivity contribution in [2.45, 2.75) is 37.4 Å². The molecule has 3 heterocycles. The summed E-state index contributed by atoms with van der Waals surface area (Å²) in [5, 5.41) is 6.17. The summed E-state index contributed by atoms with van der Waals surface area (Å²) in [4.78, 5) is 28.9. The summed E-state index contributed by atoms with van der Waals surface area (Å²) >= 11 is 0. The lowest BCUT2D eigenvalue weighted by Gasteiger charge is -2.22. The summed E-state index contributed by atoms with van der Waals surface area (Å²) in [7, 11) is 2.07. The fourth-order valence-corrected chi connectivity index (χ4v) is 6.24. The van der Waals surface area contributed by atoms with Gasteiger partial charge in [-0.3, -0.25) is 9.59 Å². The fraction of sp³-hybridized carbons (Fsp3) is 0.538. The fourth-order valence-electron chi connectivity index (χ4n) is 6.24. The van der Waals surface area contributed by atoms with E-state index >= 15 is 0 Å². The number of hydrogen-bond acceptors (Lipinski definition) is 5. The first-order valence-corrected chi connectivity index (χ1v) is 12.4. The average Bonchev–Trinajstić information content (AvgIpc) is 3.55. The van der Waals surface area contributed by atoms with Gasteiger partial charge in [-0.2, -0.15) is 0 Å². The number of carbonyl (C=O) groups excluding carboxylic acids is 1. The van der Waals surface area contributed by atoms with Gasteiger partial charge in [-0.15, -0.1) is 0 Å². The highest BCUT2D eigenvalue weighted by Crippen LogP contribution is 2.54. The molecule has 2 aromatic rings. The molecule has 1 amide bonds. The summed E-state index contributed by atoms with van der Waals surface area (Å²) in [5.41, 5.74) is -0.626. The Balaban J connectivity index is 1.30. The maximum Gasteiger partial charge on any atom is 0.266 e. The molecule has 0 bridgehead atoms. The van der Waals surface area contributed by atoms with Crippen LogP contribution in [0.3, 0.4) is 0 Å². The van der Waals surface area contributed by atoms with E-state index in [0.717, 1.165) is 25.6 Å². The van der Waals surface area contributed by atoms with Gasteiger partial charge >= 0.3 is 0 Å². The van der Waals surface area contributed by atoms with Crippen molar-refractivity contribution in [2.24, 2.45) is 17.8 Å². The van der Waals surface area contributed by atoms with Crippen LogP contribution in [0.15, 0.2) is 35.3 Å². The number of alkyl halides is 2. The average molecular weight is 503 g/mol. The van der Waals surface area contributed by atoms with Crippen LogP contribution in [0, 0.1) is 23.6 Å². The van der Waals surface area contributed by atoms with Gasteiger partial charge in [-0.1, -0.05) is 18.2 Å². The van der Waals surface area contributed by atoms with Crippen molar-refractivity contribution in [2.75, 3.05) is 38.7 Å². The molecule has 4 aliphatic rings. The molecular weight excluding hydrogens is 473 g/mol. The zero-order valence-electron chi connectivity index (χ0n) is 20.1. The highest BCUT2D eigenvalue weighted by molar-refractivity contribution is 5.99. The van der Waals surface area contributed by atoms with E-state index < -0.39 is 35.3 Å². The van der Waals surface area contributed by atoms with E-state index in [1.54, 1.807) is 17.7 Å². The van der Waals surface area contributed by atoms with Crippen molar-refractivity contribution in [3.8, 4) is 0 Å². The minimum Gasteiger partial charge on any atom is -0.381 e. The van der Waals surface area contributed by atoms with Gasteiger partial charge in [0.05, 0.1) is 41.6 Å². The summed E-state index contributed by atoms with van der Waals surface area (Å²) in [5.74, 6) is -0.355. The number of benzene rings is 1. The number of halogens is 3. The second kappa shape index (κ2) is 8.34. The Kier molecular flexibility index (Phi) is 5.46. The van der Waals surface area contributed by atoms with Gasteiger partial charge in [0.15, 0.2) is 0 Å². The summed E-state index contributed by atoms with van der Waals surface area (Å²) in [6.45, 7) is 4.48. The van der Waals surface area contributed by atoms with Crippen LogP contribution >= 0.6 is 0 Å². The van der Waals surface area contributed by atoms with Crippen molar-refractivity contribution in [3.05, 3.63) is 63.3 Å². The molecule has 6 atom stereocenters. The zero-order valence-corrected chi connectivity index (χ0v) is 20.1. The molecule has 10 heteroatoms. The lowest BCUT2D eigenvalue weighted by Crippen LogP contribution is -2.36. The van der Waals surface area contributed by atoms with Crippen LogP contribution in [-0.4, -0.2) is 54.8 Å². The lowest BCUT2D eigenvalue weighted by molar-refractivity contribution is 0.0938. The maximum atomic E-state index is 14.7. The molecule has 2 saturated carbocycles. The highest BCUT2D eigenvalue weighted by atomic mass is 19.3. The number of carbonyl (C=O) groups is 1. The molecular formula is C26H29F3N4O3.